The predicted molar refractivity (Wildman–Crippen MR) is 97.0 cm³/mol. The second kappa shape index (κ2) is 6.97. The van der Waals surface area contributed by atoms with Gasteiger partial charge in [0.2, 0.25) is 6.41 Å². The number of carbonyl (C=O) groups excluding carboxylic acids is 1. The lowest BCUT2D eigenvalue weighted by Gasteiger charge is -2.32. The number of rotatable bonds is 4. The van der Waals surface area contributed by atoms with E-state index in [9.17, 15) is 4.79 Å². The molecule has 4 nitrogen and oxygen atoms in total. The first-order valence-corrected chi connectivity index (χ1v) is 8.11. The van der Waals surface area contributed by atoms with Crippen molar-refractivity contribution in [1.29, 1.82) is 0 Å². The van der Waals surface area contributed by atoms with Crippen LogP contribution in [0.3, 0.4) is 0 Å². The molecular weight excluding hydrogens is 324 g/mol. The standard InChI is InChI=1S/C19H19ClN2O2/c1-24-16-5-2-13(3-6-16)19-10-14(8-9-22(19)12-23)17-11-15(20)4-7-18(17)21/h2-7,10-12,19H,8-9,21H2,1H3. The zero-order valence-corrected chi connectivity index (χ0v) is 14.2. The molecule has 0 fully saturated rings. The molecule has 24 heavy (non-hydrogen) atoms. The van der Waals surface area contributed by atoms with E-state index in [1.54, 1.807) is 18.1 Å². The summed E-state index contributed by atoms with van der Waals surface area (Å²) in [7, 11) is 1.63. The molecule has 0 bridgehead atoms. The highest BCUT2D eigenvalue weighted by molar-refractivity contribution is 6.30. The van der Waals surface area contributed by atoms with E-state index >= 15 is 0 Å². The third kappa shape index (κ3) is 3.24. The third-order valence-corrected chi connectivity index (χ3v) is 4.54. The van der Waals surface area contributed by atoms with Crippen LogP contribution >= 0.6 is 11.6 Å². The summed E-state index contributed by atoms with van der Waals surface area (Å²) in [5.74, 6) is 0.788. The molecule has 0 saturated carbocycles. The summed E-state index contributed by atoms with van der Waals surface area (Å²) >= 11 is 6.12. The van der Waals surface area contributed by atoms with Gasteiger partial charge in [0.25, 0.3) is 0 Å². The molecule has 2 aromatic rings. The van der Waals surface area contributed by atoms with E-state index in [0.29, 0.717) is 17.3 Å². The van der Waals surface area contributed by atoms with E-state index in [-0.39, 0.29) is 6.04 Å². The Balaban J connectivity index is 2.01. The van der Waals surface area contributed by atoms with E-state index in [1.807, 2.05) is 36.4 Å². The van der Waals surface area contributed by atoms with Crippen LogP contribution < -0.4 is 10.5 Å². The monoisotopic (exact) mass is 342 g/mol. The molecule has 0 radical (unpaired) electrons. The molecular formula is C19H19ClN2O2. The molecule has 3 rings (SSSR count). The molecule has 124 valence electrons. The maximum absolute atomic E-state index is 11.5. The average molecular weight is 343 g/mol. The highest BCUT2D eigenvalue weighted by atomic mass is 35.5. The number of hydrogen-bond donors (Lipinski definition) is 1. The van der Waals surface area contributed by atoms with Gasteiger partial charge in [-0.25, -0.2) is 0 Å². The highest BCUT2D eigenvalue weighted by Gasteiger charge is 2.23. The molecule has 1 heterocycles. The van der Waals surface area contributed by atoms with Gasteiger partial charge in [-0.05, 0) is 47.9 Å². The van der Waals surface area contributed by atoms with Crippen LogP contribution in [0.1, 0.15) is 23.6 Å². The number of amides is 1. The summed E-state index contributed by atoms with van der Waals surface area (Å²) in [6, 6.07) is 13.1. The van der Waals surface area contributed by atoms with Crippen LogP contribution in [0.2, 0.25) is 5.02 Å². The quantitative estimate of drug-likeness (QED) is 0.676. The molecule has 1 aliphatic rings. The summed E-state index contributed by atoms with van der Waals surface area (Å²) in [5, 5.41) is 0.652. The minimum Gasteiger partial charge on any atom is -0.497 e. The number of hydrogen-bond acceptors (Lipinski definition) is 3. The summed E-state index contributed by atoms with van der Waals surface area (Å²) in [5.41, 5.74) is 9.87. The van der Waals surface area contributed by atoms with Gasteiger partial charge < -0.3 is 15.4 Å². The Labute approximate surface area is 146 Å². The molecule has 0 spiro atoms. The normalized spacial score (nSPS) is 17.3. The summed E-state index contributed by atoms with van der Waals surface area (Å²) in [6.45, 7) is 0.637. The van der Waals surface area contributed by atoms with Gasteiger partial charge in [-0.15, -0.1) is 0 Å². The topological polar surface area (TPSA) is 55.6 Å². The van der Waals surface area contributed by atoms with Gasteiger partial charge in [0.15, 0.2) is 0 Å². The largest absolute Gasteiger partial charge is 0.497 e. The summed E-state index contributed by atoms with van der Waals surface area (Å²) in [6.07, 6.45) is 3.72. The fourth-order valence-corrected chi connectivity index (χ4v) is 3.17. The van der Waals surface area contributed by atoms with Crippen molar-refractivity contribution in [3.05, 3.63) is 64.7 Å². The Morgan fingerprint density at radius 1 is 1.25 bits per heavy atom. The number of ether oxygens (including phenoxy) is 1. The zero-order valence-electron chi connectivity index (χ0n) is 13.4. The number of nitrogens with two attached hydrogens (primary N) is 1. The second-order valence-electron chi connectivity index (χ2n) is 5.73. The van der Waals surface area contributed by atoms with Gasteiger partial charge in [0.1, 0.15) is 5.75 Å². The van der Waals surface area contributed by atoms with Crippen molar-refractivity contribution in [1.82, 2.24) is 4.90 Å². The van der Waals surface area contributed by atoms with Crippen molar-refractivity contribution in [2.75, 3.05) is 19.4 Å². The van der Waals surface area contributed by atoms with Crippen LogP contribution in [0.25, 0.3) is 5.57 Å². The molecule has 1 unspecified atom stereocenters. The highest BCUT2D eigenvalue weighted by Crippen LogP contribution is 2.36. The van der Waals surface area contributed by atoms with Gasteiger partial charge in [-0.1, -0.05) is 29.8 Å². The van der Waals surface area contributed by atoms with Crippen molar-refractivity contribution >= 4 is 29.3 Å². The maximum Gasteiger partial charge on any atom is 0.210 e. The minimum absolute atomic E-state index is 0.129. The average Bonchev–Trinajstić information content (AvgIpc) is 2.63. The first-order chi connectivity index (χ1) is 11.6. The first-order valence-electron chi connectivity index (χ1n) is 7.73. The Morgan fingerprint density at radius 2 is 2.00 bits per heavy atom. The molecule has 0 saturated heterocycles. The molecule has 0 aromatic heterocycles. The van der Waals surface area contributed by atoms with E-state index in [2.05, 4.69) is 6.08 Å². The number of nitrogens with zero attached hydrogens (tertiary/aromatic N) is 1. The third-order valence-electron chi connectivity index (χ3n) is 4.31. The molecule has 2 aromatic carbocycles. The number of methoxy groups -OCH3 is 1. The van der Waals surface area contributed by atoms with Crippen LogP contribution in [-0.2, 0) is 4.79 Å². The maximum atomic E-state index is 11.5. The number of benzene rings is 2. The van der Waals surface area contributed by atoms with Crippen molar-refractivity contribution < 1.29 is 9.53 Å². The SMILES string of the molecule is COc1ccc(C2C=C(c3cc(Cl)ccc3N)CCN2C=O)cc1. The second-order valence-corrected chi connectivity index (χ2v) is 6.17. The smallest absolute Gasteiger partial charge is 0.210 e. The van der Waals surface area contributed by atoms with Crippen LogP contribution in [0.5, 0.6) is 5.75 Å². The van der Waals surface area contributed by atoms with E-state index in [0.717, 1.165) is 35.3 Å². The van der Waals surface area contributed by atoms with Gasteiger partial charge in [0, 0.05) is 22.8 Å². The lowest BCUT2D eigenvalue weighted by Crippen LogP contribution is -2.30. The summed E-state index contributed by atoms with van der Waals surface area (Å²) < 4.78 is 5.20. The van der Waals surface area contributed by atoms with Crippen molar-refractivity contribution in [2.45, 2.75) is 12.5 Å². The van der Waals surface area contributed by atoms with E-state index in [4.69, 9.17) is 22.1 Å². The van der Waals surface area contributed by atoms with Crippen molar-refractivity contribution in [3.8, 4) is 5.75 Å². The lowest BCUT2D eigenvalue weighted by atomic mass is 9.92. The molecule has 5 heteroatoms. The van der Waals surface area contributed by atoms with Gasteiger partial charge in [0.05, 0.1) is 13.2 Å². The number of carbonyl (C=O) groups is 1. The van der Waals surface area contributed by atoms with Crippen LogP contribution in [0.15, 0.2) is 48.5 Å². The fourth-order valence-electron chi connectivity index (χ4n) is 3.00. The van der Waals surface area contributed by atoms with Crippen LogP contribution in [-0.4, -0.2) is 25.0 Å². The first kappa shape index (κ1) is 16.4. The molecule has 1 atom stereocenters. The Bertz CT molecular complexity index is 771. The van der Waals surface area contributed by atoms with E-state index in [1.165, 1.54) is 0 Å². The summed E-state index contributed by atoms with van der Waals surface area (Å²) in [4.78, 5) is 13.2. The van der Waals surface area contributed by atoms with Crippen LogP contribution in [0, 0.1) is 0 Å². The zero-order chi connectivity index (χ0) is 17.1. The number of nitrogen functional groups attached to an aromatic ring is 1. The molecule has 1 amide bonds. The minimum atomic E-state index is -0.129. The van der Waals surface area contributed by atoms with Crippen LogP contribution in [0.4, 0.5) is 5.69 Å². The molecule has 0 aliphatic carbocycles. The van der Waals surface area contributed by atoms with Gasteiger partial charge >= 0.3 is 0 Å². The molecule has 1 aliphatic heterocycles. The van der Waals surface area contributed by atoms with E-state index < -0.39 is 0 Å². The van der Waals surface area contributed by atoms with Gasteiger partial charge in [-0.2, -0.15) is 0 Å². The Morgan fingerprint density at radius 3 is 2.67 bits per heavy atom. The fraction of sp³-hybridized carbons (Fsp3) is 0.211. The lowest BCUT2D eigenvalue weighted by molar-refractivity contribution is -0.119. The number of halogens is 1. The Hall–Kier alpha value is -2.46. The number of anilines is 1. The Kier molecular flexibility index (Phi) is 4.76. The van der Waals surface area contributed by atoms with Crippen molar-refractivity contribution in [2.24, 2.45) is 0 Å². The molecule has 2 N–H and O–H groups in total. The van der Waals surface area contributed by atoms with Crippen molar-refractivity contribution in [3.63, 3.8) is 0 Å². The van der Waals surface area contributed by atoms with Gasteiger partial charge in [-0.3, -0.25) is 4.79 Å². The predicted octanol–water partition coefficient (Wildman–Crippen LogP) is 3.92.